The zero-order chi connectivity index (χ0) is 12.4. The largest absolute Gasteiger partial charge is 0.496 e. The number of halogens is 2. The lowest BCUT2D eigenvalue weighted by atomic mass is 10.0. The van der Waals surface area contributed by atoms with E-state index in [1.807, 2.05) is 0 Å². The molecule has 0 aromatic heterocycles. The van der Waals surface area contributed by atoms with Crippen LogP contribution in [-0.4, -0.2) is 7.11 Å². The van der Waals surface area contributed by atoms with E-state index in [4.69, 9.17) is 4.74 Å². The van der Waals surface area contributed by atoms with Gasteiger partial charge in [0.1, 0.15) is 17.4 Å². The summed E-state index contributed by atoms with van der Waals surface area (Å²) in [6.07, 6.45) is 0. The van der Waals surface area contributed by atoms with E-state index >= 15 is 0 Å². The molecule has 0 radical (unpaired) electrons. The van der Waals surface area contributed by atoms with Crippen molar-refractivity contribution in [1.29, 1.82) is 0 Å². The molecule has 0 spiro atoms. The van der Waals surface area contributed by atoms with Crippen LogP contribution in [0.5, 0.6) is 5.75 Å². The van der Waals surface area contributed by atoms with Crippen molar-refractivity contribution in [2.24, 2.45) is 0 Å². The quantitative estimate of drug-likeness (QED) is 0.764. The van der Waals surface area contributed by atoms with Gasteiger partial charge in [-0.2, -0.15) is 0 Å². The Bertz CT molecular complexity index is 550. The lowest BCUT2D eigenvalue weighted by Crippen LogP contribution is -1.93. The normalized spacial score (nSPS) is 10.4. The van der Waals surface area contributed by atoms with Crippen LogP contribution in [0.25, 0.3) is 11.1 Å². The molecular weight excluding hydrogens is 222 g/mol. The number of methoxy groups -OCH3 is 1. The van der Waals surface area contributed by atoms with Crippen LogP contribution in [0.2, 0.25) is 0 Å². The summed E-state index contributed by atoms with van der Waals surface area (Å²) in [5, 5.41) is 0. The Labute approximate surface area is 98.7 Å². The Kier molecular flexibility index (Phi) is 3.09. The van der Waals surface area contributed by atoms with Crippen molar-refractivity contribution < 1.29 is 13.5 Å². The number of hydrogen-bond acceptors (Lipinski definition) is 1. The van der Waals surface area contributed by atoms with Crippen molar-refractivity contribution in [3.8, 4) is 16.9 Å². The van der Waals surface area contributed by atoms with E-state index in [-0.39, 0.29) is 5.56 Å². The van der Waals surface area contributed by atoms with E-state index in [1.54, 1.807) is 24.3 Å². The average molecular weight is 234 g/mol. The van der Waals surface area contributed by atoms with E-state index in [1.165, 1.54) is 26.2 Å². The van der Waals surface area contributed by atoms with Crippen LogP contribution in [-0.2, 0) is 0 Å². The summed E-state index contributed by atoms with van der Waals surface area (Å²) in [5.41, 5.74) is 1.05. The van der Waals surface area contributed by atoms with Crippen molar-refractivity contribution in [2.45, 2.75) is 6.92 Å². The second-order valence-corrected chi connectivity index (χ2v) is 3.78. The molecule has 1 nitrogen and oxygen atoms in total. The zero-order valence-electron chi connectivity index (χ0n) is 9.63. The third-order valence-corrected chi connectivity index (χ3v) is 2.65. The van der Waals surface area contributed by atoms with E-state index in [0.717, 1.165) is 0 Å². The van der Waals surface area contributed by atoms with Gasteiger partial charge in [0.25, 0.3) is 0 Å². The highest BCUT2D eigenvalue weighted by Crippen LogP contribution is 2.32. The van der Waals surface area contributed by atoms with Crippen LogP contribution < -0.4 is 4.74 Å². The molecule has 0 amide bonds. The molecule has 17 heavy (non-hydrogen) atoms. The maximum Gasteiger partial charge on any atom is 0.131 e. The maximum atomic E-state index is 13.8. The summed E-state index contributed by atoms with van der Waals surface area (Å²) in [4.78, 5) is 0. The van der Waals surface area contributed by atoms with Gasteiger partial charge in [0, 0.05) is 11.1 Å². The molecule has 0 unspecified atom stereocenters. The number of rotatable bonds is 2. The van der Waals surface area contributed by atoms with Crippen molar-refractivity contribution in [1.82, 2.24) is 0 Å². The predicted octanol–water partition coefficient (Wildman–Crippen LogP) is 3.95. The SMILES string of the molecule is COc1ccccc1-c1cc(F)c(C)cc1F. The number of aryl methyl sites for hydroxylation is 1. The summed E-state index contributed by atoms with van der Waals surface area (Å²) < 4.78 is 32.4. The molecule has 88 valence electrons. The van der Waals surface area contributed by atoms with Gasteiger partial charge in [-0.25, -0.2) is 8.78 Å². The summed E-state index contributed by atoms with van der Waals surface area (Å²) in [6, 6.07) is 9.35. The minimum atomic E-state index is -0.451. The second-order valence-electron chi connectivity index (χ2n) is 3.78. The first-order valence-corrected chi connectivity index (χ1v) is 5.22. The number of hydrogen-bond donors (Lipinski definition) is 0. The van der Waals surface area contributed by atoms with E-state index in [2.05, 4.69) is 0 Å². The number of benzene rings is 2. The summed E-state index contributed by atoms with van der Waals surface area (Å²) in [5.74, 6) is -0.352. The lowest BCUT2D eigenvalue weighted by Gasteiger charge is -2.10. The molecule has 2 aromatic carbocycles. The van der Waals surface area contributed by atoms with E-state index in [0.29, 0.717) is 16.9 Å². The fraction of sp³-hybridized carbons (Fsp3) is 0.143. The van der Waals surface area contributed by atoms with Gasteiger partial charge >= 0.3 is 0 Å². The average Bonchev–Trinajstić information content (AvgIpc) is 2.34. The minimum Gasteiger partial charge on any atom is -0.496 e. The highest BCUT2D eigenvalue weighted by Gasteiger charge is 2.12. The summed E-state index contributed by atoms with van der Waals surface area (Å²) in [6.45, 7) is 1.53. The van der Waals surface area contributed by atoms with Crippen LogP contribution in [0.3, 0.4) is 0 Å². The third kappa shape index (κ3) is 2.13. The van der Waals surface area contributed by atoms with Gasteiger partial charge in [0.15, 0.2) is 0 Å². The number of ether oxygens (including phenoxy) is 1. The van der Waals surface area contributed by atoms with Gasteiger partial charge in [-0.05, 0) is 30.7 Å². The van der Waals surface area contributed by atoms with Crippen molar-refractivity contribution >= 4 is 0 Å². The van der Waals surface area contributed by atoms with Gasteiger partial charge in [-0.15, -0.1) is 0 Å². The molecule has 2 aromatic rings. The molecule has 0 bridgehead atoms. The Hall–Kier alpha value is -1.90. The fourth-order valence-corrected chi connectivity index (χ4v) is 1.72. The van der Waals surface area contributed by atoms with Crippen molar-refractivity contribution in [3.05, 3.63) is 53.6 Å². The van der Waals surface area contributed by atoms with Crippen molar-refractivity contribution in [3.63, 3.8) is 0 Å². The van der Waals surface area contributed by atoms with Gasteiger partial charge in [-0.3, -0.25) is 0 Å². The highest BCUT2D eigenvalue weighted by molar-refractivity contribution is 5.71. The van der Waals surface area contributed by atoms with Gasteiger partial charge in [0.2, 0.25) is 0 Å². The molecule has 2 rings (SSSR count). The first-order chi connectivity index (χ1) is 8.13. The first-order valence-electron chi connectivity index (χ1n) is 5.22. The van der Waals surface area contributed by atoms with E-state index in [9.17, 15) is 8.78 Å². The van der Waals surface area contributed by atoms with Gasteiger partial charge in [0.05, 0.1) is 7.11 Å². The van der Waals surface area contributed by atoms with Crippen LogP contribution in [0.4, 0.5) is 8.78 Å². The highest BCUT2D eigenvalue weighted by atomic mass is 19.1. The summed E-state index contributed by atoms with van der Waals surface area (Å²) in [7, 11) is 1.50. The third-order valence-electron chi connectivity index (χ3n) is 2.65. The fourth-order valence-electron chi connectivity index (χ4n) is 1.72. The molecule has 0 saturated heterocycles. The molecule has 3 heteroatoms. The topological polar surface area (TPSA) is 9.23 Å². The Balaban J connectivity index is 2.64. The van der Waals surface area contributed by atoms with Gasteiger partial charge in [-0.1, -0.05) is 18.2 Å². The smallest absolute Gasteiger partial charge is 0.131 e. The Morgan fingerprint density at radius 2 is 1.65 bits per heavy atom. The molecule has 0 aliphatic carbocycles. The molecule has 0 heterocycles. The van der Waals surface area contributed by atoms with Crippen LogP contribution in [0.1, 0.15) is 5.56 Å². The Morgan fingerprint density at radius 3 is 2.35 bits per heavy atom. The molecule has 0 saturated carbocycles. The monoisotopic (exact) mass is 234 g/mol. The zero-order valence-corrected chi connectivity index (χ0v) is 9.63. The summed E-state index contributed by atoms with van der Waals surface area (Å²) >= 11 is 0. The molecule has 0 atom stereocenters. The maximum absolute atomic E-state index is 13.8. The molecule has 0 aliphatic rings. The first kappa shape index (κ1) is 11.6. The standard InChI is InChI=1S/C14H12F2O/c1-9-7-13(16)11(8-12(9)15)10-5-3-4-6-14(10)17-2/h3-8H,1-2H3. The second kappa shape index (κ2) is 4.53. The van der Waals surface area contributed by atoms with Crippen molar-refractivity contribution in [2.75, 3.05) is 7.11 Å². The molecule has 0 N–H and O–H groups in total. The van der Waals surface area contributed by atoms with Gasteiger partial charge < -0.3 is 4.74 Å². The van der Waals surface area contributed by atoms with Crippen LogP contribution >= 0.6 is 0 Å². The van der Waals surface area contributed by atoms with Crippen LogP contribution in [0, 0.1) is 18.6 Å². The number of para-hydroxylation sites is 1. The van der Waals surface area contributed by atoms with E-state index < -0.39 is 11.6 Å². The van der Waals surface area contributed by atoms with Crippen LogP contribution in [0.15, 0.2) is 36.4 Å². The lowest BCUT2D eigenvalue weighted by molar-refractivity contribution is 0.416. The molecular formula is C14H12F2O. The molecule has 0 aliphatic heterocycles. The Morgan fingerprint density at radius 1 is 0.941 bits per heavy atom. The minimum absolute atomic E-state index is 0.213. The predicted molar refractivity (Wildman–Crippen MR) is 63.1 cm³/mol. The molecule has 0 fully saturated rings.